The Kier molecular flexibility index (Phi) is 4.56. The Morgan fingerprint density at radius 3 is 2.18 bits per heavy atom. The largest absolute Gasteiger partial charge is 0.347 e. The number of benzene rings is 1. The van der Waals surface area contributed by atoms with E-state index in [2.05, 4.69) is 15.6 Å². The number of amides is 2. The van der Waals surface area contributed by atoms with Gasteiger partial charge in [-0.1, -0.05) is 18.2 Å². The van der Waals surface area contributed by atoms with Gasteiger partial charge in [0.1, 0.15) is 5.69 Å². The van der Waals surface area contributed by atoms with Crippen molar-refractivity contribution in [1.29, 1.82) is 0 Å². The van der Waals surface area contributed by atoms with Crippen LogP contribution in [0.5, 0.6) is 0 Å². The van der Waals surface area contributed by atoms with E-state index in [4.69, 9.17) is 0 Å². The van der Waals surface area contributed by atoms with Gasteiger partial charge in [-0.3, -0.25) is 14.6 Å². The predicted molar refractivity (Wildman–Crippen MR) is 85.9 cm³/mol. The fourth-order valence-electron chi connectivity index (χ4n) is 1.79. The summed E-state index contributed by atoms with van der Waals surface area (Å²) in [5.74, 6) is -0.524. The quantitative estimate of drug-likeness (QED) is 0.915. The third-order valence-corrected chi connectivity index (χ3v) is 2.78. The van der Waals surface area contributed by atoms with Crippen LogP contribution < -0.4 is 10.6 Å². The van der Waals surface area contributed by atoms with Crippen molar-refractivity contribution in [3.05, 3.63) is 59.9 Å². The Morgan fingerprint density at radius 1 is 0.955 bits per heavy atom. The Labute approximate surface area is 129 Å². The first-order valence-electron chi connectivity index (χ1n) is 7.00. The van der Waals surface area contributed by atoms with E-state index >= 15 is 0 Å². The summed E-state index contributed by atoms with van der Waals surface area (Å²) in [5.41, 5.74) is 1.06. The van der Waals surface area contributed by atoms with Crippen LogP contribution in [0.15, 0.2) is 48.7 Å². The summed E-state index contributed by atoms with van der Waals surface area (Å²) in [6.07, 6.45) is 1.40. The van der Waals surface area contributed by atoms with Gasteiger partial charge in [-0.15, -0.1) is 0 Å². The molecule has 2 rings (SSSR count). The average molecular weight is 297 g/mol. The molecule has 0 radical (unpaired) electrons. The van der Waals surface area contributed by atoms with Gasteiger partial charge in [-0.05, 0) is 45.0 Å². The Hall–Kier alpha value is -2.69. The van der Waals surface area contributed by atoms with Gasteiger partial charge in [0.2, 0.25) is 0 Å². The molecule has 0 fully saturated rings. The van der Waals surface area contributed by atoms with Crippen LogP contribution in [0, 0.1) is 0 Å². The molecule has 0 spiro atoms. The zero-order valence-corrected chi connectivity index (χ0v) is 12.9. The van der Waals surface area contributed by atoms with Crippen molar-refractivity contribution in [1.82, 2.24) is 10.3 Å². The highest BCUT2D eigenvalue weighted by Crippen LogP contribution is 2.09. The normalized spacial score (nSPS) is 10.9. The number of aromatic nitrogens is 1. The lowest BCUT2D eigenvalue weighted by Crippen LogP contribution is -2.40. The third-order valence-electron chi connectivity index (χ3n) is 2.78. The van der Waals surface area contributed by atoms with E-state index in [0.717, 1.165) is 0 Å². The molecular formula is C17H19N3O2. The van der Waals surface area contributed by atoms with E-state index in [1.165, 1.54) is 12.3 Å². The van der Waals surface area contributed by atoms with Crippen LogP contribution in [0.3, 0.4) is 0 Å². The maximum atomic E-state index is 12.0. The maximum Gasteiger partial charge on any atom is 0.274 e. The molecule has 5 heteroatoms. The molecule has 0 saturated carbocycles. The minimum Gasteiger partial charge on any atom is -0.347 e. The first-order chi connectivity index (χ1) is 10.3. The van der Waals surface area contributed by atoms with E-state index < -0.39 is 0 Å². The lowest BCUT2D eigenvalue weighted by atomic mass is 10.1. The molecule has 5 nitrogen and oxygen atoms in total. The third kappa shape index (κ3) is 4.41. The monoisotopic (exact) mass is 297 g/mol. The molecular weight excluding hydrogens is 278 g/mol. The van der Waals surface area contributed by atoms with Crippen molar-refractivity contribution in [3.63, 3.8) is 0 Å². The van der Waals surface area contributed by atoms with E-state index in [9.17, 15) is 9.59 Å². The van der Waals surface area contributed by atoms with Gasteiger partial charge >= 0.3 is 0 Å². The standard InChI is InChI=1S/C17H19N3O2/c1-17(2,3)20-15(21)12-9-10-14(18-11-12)16(22)19-13-7-5-4-6-8-13/h4-11H,1-3H3,(H,19,22)(H,20,21). The molecule has 0 aliphatic carbocycles. The van der Waals surface area contributed by atoms with Crippen molar-refractivity contribution in [2.75, 3.05) is 5.32 Å². The number of para-hydroxylation sites is 1. The van der Waals surface area contributed by atoms with Crippen LogP contribution in [0.4, 0.5) is 5.69 Å². The molecule has 114 valence electrons. The van der Waals surface area contributed by atoms with Crippen LogP contribution in [-0.2, 0) is 0 Å². The van der Waals surface area contributed by atoms with Crippen LogP contribution in [0.25, 0.3) is 0 Å². The summed E-state index contributed by atoms with van der Waals surface area (Å²) < 4.78 is 0. The number of carbonyl (C=O) groups excluding carboxylic acids is 2. The SMILES string of the molecule is CC(C)(C)NC(=O)c1ccc(C(=O)Nc2ccccc2)nc1. The minimum atomic E-state index is -0.319. The zero-order valence-electron chi connectivity index (χ0n) is 12.9. The van der Waals surface area contributed by atoms with Crippen LogP contribution >= 0.6 is 0 Å². The van der Waals surface area contributed by atoms with Gasteiger partial charge in [0.15, 0.2) is 0 Å². The summed E-state index contributed by atoms with van der Waals surface area (Å²) in [6, 6.07) is 12.3. The molecule has 0 aliphatic rings. The first-order valence-corrected chi connectivity index (χ1v) is 7.00. The van der Waals surface area contributed by atoms with Crippen molar-refractivity contribution in [2.24, 2.45) is 0 Å². The molecule has 0 atom stereocenters. The van der Waals surface area contributed by atoms with Crippen LogP contribution in [0.2, 0.25) is 0 Å². The lowest BCUT2D eigenvalue weighted by molar-refractivity contribution is 0.0917. The Bertz CT molecular complexity index is 659. The Morgan fingerprint density at radius 2 is 1.64 bits per heavy atom. The lowest BCUT2D eigenvalue weighted by Gasteiger charge is -2.20. The minimum absolute atomic E-state index is 0.213. The molecule has 0 aliphatic heterocycles. The average Bonchev–Trinajstić information content (AvgIpc) is 2.46. The number of rotatable bonds is 3. The summed E-state index contributed by atoms with van der Waals surface area (Å²) in [7, 11) is 0. The highest BCUT2D eigenvalue weighted by Gasteiger charge is 2.16. The van der Waals surface area contributed by atoms with E-state index in [1.807, 2.05) is 39.0 Å². The molecule has 22 heavy (non-hydrogen) atoms. The highest BCUT2D eigenvalue weighted by atomic mass is 16.2. The second kappa shape index (κ2) is 6.39. The maximum absolute atomic E-state index is 12.0. The molecule has 0 unspecified atom stereocenters. The topological polar surface area (TPSA) is 71.1 Å². The molecule has 0 bridgehead atoms. The number of anilines is 1. The van der Waals surface area contributed by atoms with Gasteiger partial charge in [0.05, 0.1) is 5.56 Å². The van der Waals surface area contributed by atoms with Crippen molar-refractivity contribution >= 4 is 17.5 Å². The van der Waals surface area contributed by atoms with Gasteiger partial charge < -0.3 is 10.6 Å². The highest BCUT2D eigenvalue weighted by molar-refractivity contribution is 6.03. The fourth-order valence-corrected chi connectivity index (χ4v) is 1.79. The molecule has 1 aromatic carbocycles. The second-order valence-corrected chi connectivity index (χ2v) is 5.96. The second-order valence-electron chi connectivity index (χ2n) is 5.96. The number of carbonyl (C=O) groups is 2. The van der Waals surface area contributed by atoms with E-state index in [0.29, 0.717) is 11.3 Å². The van der Waals surface area contributed by atoms with Gasteiger partial charge in [-0.2, -0.15) is 0 Å². The number of hydrogen-bond acceptors (Lipinski definition) is 3. The van der Waals surface area contributed by atoms with Crippen molar-refractivity contribution < 1.29 is 9.59 Å². The predicted octanol–water partition coefficient (Wildman–Crippen LogP) is 2.86. The molecule has 1 aromatic heterocycles. The molecule has 2 aromatic rings. The zero-order chi connectivity index (χ0) is 16.2. The first kappa shape index (κ1) is 15.7. The smallest absolute Gasteiger partial charge is 0.274 e. The number of nitrogens with zero attached hydrogens (tertiary/aromatic N) is 1. The number of nitrogens with one attached hydrogen (secondary N) is 2. The van der Waals surface area contributed by atoms with Crippen molar-refractivity contribution in [2.45, 2.75) is 26.3 Å². The summed E-state index contributed by atoms with van der Waals surface area (Å²) in [4.78, 5) is 28.1. The molecule has 0 saturated heterocycles. The van der Waals surface area contributed by atoms with E-state index in [1.54, 1.807) is 18.2 Å². The fraction of sp³-hybridized carbons (Fsp3) is 0.235. The summed E-state index contributed by atoms with van der Waals surface area (Å²) in [5, 5.41) is 5.59. The van der Waals surface area contributed by atoms with Gasteiger partial charge in [-0.25, -0.2) is 0 Å². The molecule has 1 heterocycles. The summed E-state index contributed by atoms with van der Waals surface area (Å²) >= 11 is 0. The van der Waals surface area contributed by atoms with Crippen molar-refractivity contribution in [3.8, 4) is 0 Å². The van der Waals surface area contributed by atoms with Gasteiger partial charge in [0.25, 0.3) is 11.8 Å². The van der Waals surface area contributed by atoms with Crippen LogP contribution in [-0.4, -0.2) is 22.3 Å². The molecule has 2 N–H and O–H groups in total. The van der Waals surface area contributed by atoms with E-state index in [-0.39, 0.29) is 23.0 Å². The van der Waals surface area contributed by atoms with Crippen LogP contribution in [0.1, 0.15) is 41.6 Å². The molecule has 2 amide bonds. The summed E-state index contributed by atoms with van der Waals surface area (Å²) in [6.45, 7) is 5.71. The Balaban J connectivity index is 2.05. The number of pyridine rings is 1. The number of hydrogen-bond donors (Lipinski definition) is 2. The van der Waals surface area contributed by atoms with Gasteiger partial charge in [0, 0.05) is 17.4 Å².